The molecule has 0 spiro atoms. The quantitative estimate of drug-likeness (QED) is 0.791. The molecule has 3 rings (SSSR count). The van der Waals surface area contributed by atoms with Crippen LogP contribution >= 0.6 is 0 Å². The molecule has 2 saturated carbocycles. The van der Waals surface area contributed by atoms with Gasteiger partial charge in [-0.3, -0.25) is 9.78 Å². The summed E-state index contributed by atoms with van der Waals surface area (Å²) in [5, 5.41) is 0. The maximum absolute atomic E-state index is 12.2. The Morgan fingerprint density at radius 2 is 2.24 bits per heavy atom. The summed E-state index contributed by atoms with van der Waals surface area (Å²) in [7, 11) is 0. The van der Waals surface area contributed by atoms with Crippen molar-refractivity contribution in [2.24, 2.45) is 16.7 Å². The van der Waals surface area contributed by atoms with E-state index in [4.69, 9.17) is 4.74 Å². The zero-order valence-electron chi connectivity index (χ0n) is 13.3. The normalized spacial score (nSPS) is 33.1. The van der Waals surface area contributed by atoms with Gasteiger partial charge in [0, 0.05) is 24.2 Å². The molecule has 3 heteroatoms. The molecular weight excluding hydrogens is 262 g/mol. The average Bonchev–Trinajstić information content (AvgIpc) is 2.79. The Morgan fingerprint density at radius 3 is 2.81 bits per heavy atom. The first-order valence-electron chi connectivity index (χ1n) is 8.02. The fourth-order valence-corrected chi connectivity index (χ4v) is 4.32. The van der Waals surface area contributed by atoms with Crippen LogP contribution in [0.5, 0.6) is 0 Å². The Kier molecular flexibility index (Phi) is 3.54. The molecule has 3 unspecified atom stereocenters. The molecule has 2 bridgehead atoms. The largest absolute Gasteiger partial charge is 0.462 e. The van der Waals surface area contributed by atoms with E-state index in [2.05, 4.69) is 25.8 Å². The fourth-order valence-electron chi connectivity index (χ4n) is 4.32. The van der Waals surface area contributed by atoms with Crippen LogP contribution in [0, 0.1) is 16.7 Å². The smallest absolute Gasteiger partial charge is 0.306 e. The molecule has 0 N–H and O–H groups in total. The Labute approximate surface area is 127 Å². The number of esters is 1. The molecule has 0 saturated heterocycles. The van der Waals surface area contributed by atoms with E-state index in [9.17, 15) is 4.79 Å². The molecule has 114 valence electrons. The van der Waals surface area contributed by atoms with Crippen molar-refractivity contribution >= 4 is 5.97 Å². The van der Waals surface area contributed by atoms with E-state index < -0.39 is 0 Å². The Bertz CT molecular complexity index is 525. The molecule has 21 heavy (non-hydrogen) atoms. The van der Waals surface area contributed by atoms with E-state index in [-0.39, 0.29) is 17.5 Å². The first kappa shape index (κ1) is 14.6. The molecule has 0 aromatic carbocycles. The number of fused-ring (bicyclic) bond motifs is 2. The van der Waals surface area contributed by atoms with Crippen LogP contribution in [0.3, 0.4) is 0 Å². The summed E-state index contributed by atoms with van der Waals surface area (Å²) < 4.78 is 5.85. The standard InChI is InChI=1S/C18H25NO2/c1-17(2)14-8-9-18(17,3)15(11-14)21-16(20)7-6-13-5-4-10-19-12-13/h4-5,10,12,14-15H,6-9,11H2,1-3H3. The van der Waals surface area contributed by atoms with Gasteiger partial charge >= 0.3 is 5.97 Å². The summed E-state index contributed by atoms with van der Waals surface area (Å²) in [6, 6.07) is 3.91. The molecule has 1 aromatic rings. The van der Waals surface area contributed by atoms with Crippen LogP contribution < -0.4 is 0 Å². The molecule has 2 aliphatic carbocycles. The summed E-state index contributed by atoms with van der Waals surface area (Å²) >= 11 is 0. The average molecular weight is 287 g/mol. The maximum atomic E-state index is 12.2. The molecule has 0 radical (unpaired) electrons. The number of nitrogens with zero attached hydrogens (tertiary/aromatic N) is 1. The third-order valence-electron chi connectivity index (χ3n) is 6.33. The van der Waals surface area contributed by atoms with E-state index in [1.54, 1.807) is 6.20 Å². The monoisotopic (exact) mass is 287 g/mol. The van der Waals surface area contributed by atoms with Crippen LogP contribution in [0.25, 0.3) is 0 Å². The number of hydrogen-bond acceptors (Lipinski definition) is 3. The Hall–Kier alpha value is -1.38. The van der Waals surface area contributed by atoms with Crippen LogP contribution in [0.4, 0.5) is 0 Å². The second-order valence-corrected chi connectivity index (χ2v) is 7.45. The predicted octanol–water partition coefficient (Wildman–Crippen LogP) is 3.77. The number of rotatable bonds is 4. The first-order chi connectivity index (χ1) is 9.93. The molecule has 0 aliphatic heterocycles. The van der Waals surface area contributed by atoms with E-state index in [1.165, 1.54) is 12.8 Å². The van der Waals surface area contributed by atoms with Crippen molar-refractivity contribution in [2.75, 3.05) is 0 Å². The fraction of sp³-hybridized carbons (Fsp3) is 0.667. The predicted molar refractivity (Wildman–Crippen MR) is 81.7 cm³/mol. The van der Waals surface area contributed by atoms with Crippen LogP contribution in [0.2, 0.25) is 0 Å². The van der Waals surface area contributed by atoms with Crippen LogP contribution in [0.15, 0.2) is 24.5 Å². The molecular formula is C18H25NO2. The number of carbonyl (C=O) groups is 1. The molecule has 1 heterocycles. The Morgan fingerprint density at radius 1 is 1.43 bits per heavy atom. The second kappa shape index (κ2) is 5.11. The SMILES string of the molecule is CC1(C)C2CCC1(C)C(OC(=O)CCc1cccnc1)C2. The van der Waals surface area contributed by atoms with Crippen LogP contribution in [0.1, 0.15) is 52.0 Å². The van der Waals surface area contributed by atoms with Gasteiger partial charge in [0.15, 0.2) is 0 Å². The van der Waals surface area contributed by atoms with Gasteiger partial charge in [-0.2, -0.15) is 0 Å². The minimum absolute atomic E-state index is 0.0616. The van der Waals surface area contributed by atoms with Gasteiger partial charge in [-0.15, -0.1) is 0 Å². The third kappa shape index (κ3) is 2.37. The highest BCUT2D eigenvalue weighted by Gasteiger charge is 2.62. The lowest BCUT2D eigenvalue weighted by atomic mass is 9.70. The van der Waals surface area contributed by atoms with Crippen molar-refractivity contribution in [3.8, 4) is 0 Å². The zero-order chi connectivity index (χ0) is 15.1. The minimum Gasteiger partial charge on any atom is -0.462 e. The van der Waals surface area contributed by atoms with Crippen molar-refractivity contribution in [1.82, 2.24) is 4.98 Å². The highest BCUT2D eigenvalue weighted by Crippen LogP contribution is 2.66. The summed E-state index contributed by atoms with van der Waals surface area (Å²) in [6.45, 7) is 6.99. The van der Waals surface area contributed by atoms with E-state index in [1.807, 2.05) is 18.3 Å². The first-order valence-corrected chi connectivity index (χ1v) is 8.02. The molecule has 2 fully saturated rings. The number of pyridine rings is 1. The maximum Gasteiger partial charge on any atom is 0.306 e. The van der Waals surface area contributed by atoms with Crippen LogP contribution in [-0.4, -0.2) is 17.1 Å². The van der Waals surface area contributed by atoms with Crippen molar-refractivity contribution in [1.29, 1.82) is 0 Å². The van der Waals surface area contributed by atoms with Crippen molar-refractivity contribution in [3.05, 3.63) is 30.1 Å². The van der Waals surface area contributed by atoms with Crippen molar-refractivity contribution in [2.45, 2.75) is 59.0 Å². The topological polar surface area (TPSA) is 39.2 Å². The van der Waals surface area contributed by atoms with Crippen molar-refractivity contribution in [3.63, 3.8) is 0 Å². The summed E-state index contributed by atoms with van der Waals surface area (Å²) in [6.07, 6.45) is 8.34. The van der Waals surface area contributed by atoms with Gasteiger partial charge < -0.3 is 4.74 Å². The number of aryl methyl sites for hydroxylation is 1. The molecule has 3 nitrogen and oxygen atoms in total. The van der Waals surface area contributed by atoms with Gasteiger partial charge in [0.25, 0.3) is 0 Å². The van der Waals surface area contributed by atoms with Gasteiger partial charge in [-0.1, -0.05) is 26.8 Å². The lowest BCUT2D eigenvalue weighted by molar-refractivity contribution is -0.156. The highest BCUT2D eigenvalue weighted by atomic mass is 16.5. The highest BCUT2D eigenvalue weighted by molar-refractivity contribution is 5.70. The van der Waals surface area contributed by atoms with Crippen LogP contribution in [-0.2, 0) is 16.0 Å². The third-order valence-corrected chi connectivity index (χ3v) is 6.33. The molecule has 2 aliphatic rings. The molecule has 0 amide bonds. The summed E-state index contributed by atoms with van der Waals surface area (Å²) in [5.74, 6) is 0.645. The lowest BCUT2D eigenvalue weighted by Crippen LogP contribution is -2.38. The lowest BCUT2D eigenvalue weighted by Gasteiger charge is -2.38. The van der Waals surface area contributed by atoms with E-state index >= 15 is 0 Å². The van der Waals surface area contributed by atoms with E-state index in [0.717, 1.165) is 12.0 Å². The number of carbonyl (C=O) groups excluding carboxylic acids is 1. The van der Waals surface area contributed by atoms with Gasteiger partial charge in [0.05, 0.1) is 0 Å². The number of aromatic nitrogens is 1. The van der Waals surface area contributed by atoms with Crippen molar-refractivity contribution < 1.29 is 9.53 Å². The van der Waals surface area contributed by atoms with Gasteiger partial charge in [-0.25, -0.2) is 0 Å². The van der Waals surface area contributed by atoms with Gasteiger partial charge in [-0.05, 0) is 48.6 Å². The van der Waals surface area contributed by atoms with Gasteiger partial charge in [0.1, 0.15) is 6.10 Å². The number of hydrogen-bond donors (Lipinski definition) is 0. The molecule has 1 aromatic heterocycles. The number of ether oxygens (including phenoxy) is 1. The minimum atomic E-state index is -0.0616. The summed E-state index contributed by atoms with van der Waals surface area (Å²) in [4.78, 5) is 16.2. The molecule has 3 atom stereocenters. The second-order valence-electron chi connectivity index (χ2n) is 7.45. The summed E-state index contributed by atoms with van der Waals surface area (Å²) in [5.41, 5.74) is 1.54. The van der Waals surface area contributed by atoms with Gasteiger partial charge in [0.2, 0.25) is 0 Å². The zero-order valence-corrected chi connectivity index (χ0v) is 13.3. The van der Waals surface area contributed by atoms with E-state index in [0.29, 0.717) is 24.2 Å². The Balaban J connectivity index is 1.57.